The fourth-order valence-corrected chi connectivity index (χ4v) is 1.92. The highest BCUT2D eigenvalue weighted by Gasteiger charge is 2.34. The summed E-state index contributed by atoms with van der Waals surface area (Å²) in [6.07, 6.45) is 2.95. The van der Waals surface area contributed by atoms with Gasteiger partial charge in [0.2, 0.25) is 0 Å². The van der Waals surface area contributed by atoms with E-state index in [0.29, 0.717) is 11.0 Å². The summed E-state index contributed by atoms with van der Waals surface area (Å²) in [4.78, 5) is 28.2. The third kappa shape index (κ3) is 2.64. The Labute approximate surface area is 115 Å². The van der Waals surface area contributed by atoms with Crippen molar-refractivity contribution in [2.75, 3.05) is 13.2 Å². The van der Waals surface area contributed by atoms with Crippen LogP contribution in [0.2, 0.25) is 0 Å². The van der Waals surface area contributed by atoms with Crippen LogP contribution in [0.25, 0.3) is 11.0 Å². The average Bonchev–Trinajstić information content (AvgIpc) is 2.89. The molecule has 20 heavy (non-hydrogen) atoms. The van der Waals surface area contributed by atoms with Crippen LogP contribution in [0.5, 0.6) is 0 Å². The first-order chi connectivity index (χ1) is 9.69. The van der Waals surface area contributed by atoms with Gasteiger partial charge in [-0.1, -0.05) is 0 Å². The van der Waals surface area contributed by atoms with E-state index in [-0.39, 0.29) is 18.9 Å². The Kier molecular flexibility index (Phi) is 4.34. The molecule has 106 valence electrons. The van der Waals surface area contributed by atoms with E-state index in [2.05, 4.69) is 4.98 Å². The summed E-state index contributed by atoms with van der Waals surface area (Å²) >= 11 is 0. The van der Waals surface area contributed by atoms with Gasteiger partial charge in [0.15, 0.2) is 5.92 Å². The van der Waals surface area contributed by atoms with Crippen LogP contribution in [0.1, 0.15) is 25.5 Å². The molecule has 0 saturated carbocycles. The molecule has 2 heterocycles. The van der Waals surface area contributed by atoms with E-state index in [4.69, 9.17) is 13.9 Å². The van der Waals surface area contributed by atoms with Crippen LogP contribution >= 0.6 is 0 Å². The zero-order valence-corrected chi connectivity index (χ0v) is 11.3. The predicted molar refractivity (Wildman–Crippen MR) is 70.0 cm³/mol. The normalized spacial score (nSPS) is 10.8. The first-order valence-corrected chi connectivity index (χ1v) is 6.34. The molecule has 0 unspecified atom stereocenters. The number of carbonyl (C=O) groups excluding carboxylic acids is 2. The van der Waals surface area contributed by atoms with Crippen molar-refractivity contribution >= 4 is 22.9 Å². The molecule has 0 aromatic carbocycles. The first kappa shape index (κ1) is 14.0. The third-order valence-corrected chi connectivity index (χ3v) is 2.73. The smallest absolute Gasteiger partial charge is 0.326 e. The Morgan fingerprint density at radius 3 is 2.45 bits per heavy atom. The van der Waals surface area contributed by atoms with Gasteiger partial charge in [0.1, 0.15) is 5.58 Å². The van der Waals surface area contributed by atoms with Gasteiger partial charge in [-0.2, -0.15) is 0 Å². The van der Waals surface area contributed by atoms with E-state index in [1.165, 1.54) is 12.5 Å². The molecule has 0 amide bonds. The second kappa shape index (κ2) is 6.18. The van der Waals surface area contributed by atoms with E-state index < -0.39 is 17.9 Å². The van der Waals surface area contributed by atoms with E-state index in [9.17, 15) is 9.59 Å². The quantitative estimate of drug-likeness (QED) is 0.614. The van der Waals surface area contributed by atoms with Gasteiger partial charge in [-0.25, -0.2) is 0 Å². The zero-order chi connectivity index (χ0) is 14.5. The summed E-state index contributed by atoms with van der Waals surface area (Å²) < 4.78 is 15.1. The van der Waals surface area contributed by atoms with Gasteiger partial charge < -0.3 is 13.9 Å². The lowest BCUT2D eigenvalue weighted by Crippen LogP contribution is -2.27. The molecule has 0 atom stereocenters. The molecular formula is C14H15NO5. The van der Waals surface area contributed by atoms with Crippen molar-refractivity contribution < 1.29 is 23.5 Å². The molecule has 0 fully saturated rings. The minimum Gasteiger partial charge on any atom is -0.465 e. The molecular weight excluding hydrogens is 262 g/mol. The van der Waals surface area contributed by atoms with Crippen molar-refractivity contribution in [3.63, 3.8) is 0 Å². The Hall–Kier alpha value is -2.37. The second-order valence-electron chi connectivity index (χ2n) is 3.97. The molecule has 6 nitrogen and oxygen atoms in total. The molecule has 2 aromatic rings. The Morgan fingerprint density at radius 2 is 1.85 bits per heavy atom. The van der Waals surface area contributed by atoms with Gasteiger partial charge in [-0.05, 0) is 26.0 Å². The molecule has 0 aliphatic carbocycles. The maximum absolute atomic E-state index is 12.0. The highest BCUT2D eigenvalue weighted by molar-refractivity contribution is 6.03. The lowest BCUT2D eigenvalue weighted by atomic mass is 10.0. The summed E-state index contributed by atoms with van der Waals surface area (Å²) in [5.74, 6) is -2.55. The van der Waals surface area contributed by atoms with E-state index in [1.54, 1.807) is 26.0 Å². The molecule has 0 radical (unpaired) electrons. The number of hydrogen-bond donors (Lipinski definition) is 0. The number of pyridine rings is 1. The predicted octanol–water partition coefficient (Wildman–Crippen LogP) is 2.04. The van der Waals surface area contributed by atoms with Crippen molar-refractivity contribution in [1.82, 2.24) is 4.98 Å². The number of fused-ring (bicyclic) bond motifs is 1. The van der Waals surface area contributed by atoms with Gasteiger partial charge >= 0.3 is 11.9 Å². The van der Waals surface area contributed by atoms with Crippen LogP contribution in [-0.4, -0.2) is 30.1 Å². The number of ether oxygens (including phenoxy) is 2. The van der Waals surface area contributed by atoms with Gasteiger partial charge in [0, 0.05) is 11.6 Å². The monoisotopic (exact) mass is 277 g/mol. The Morgan fingerprint density at radius 1 is 1.20 bits per heavy atom. The van der Waals surface area contributed by atoms with Gasteiger partial charge in [-0.3, -0.25) is 14.6 Å². The van der Waals surface area contributed by atoms with E-state index in [0.717, 1.165) is 0 Å². The molecule has 2 aromatic heterocycles. The lowest BCUT2D eigenvalue weighted by molar-refractivity contribution is -0.157. The summed E-state index contributed by atoms with van der Waals surface area (Å²) in [6.45, 7) is 3.70. The molecule has 0 saturated heterocycles. The maximum atomic E-state index is 12.0. The van der Waals surface area contributed by atoms with Crippen molar-refractivity contribution in [3.05, 3.63) is 30.3 Å². The number of aromatic nitrogens is 1. The van der Waals surface area contributed by atoms with Gasteiger partial charge in [0.05, 0.1) is 25.2 Å². The summed E-state index contributed by atoms with van der Waals surface area (Å²) in [7, 11) is 0. The molecule has 0 aliphatic heterocycles. The molecule has 0 N–H and O–H groups in total. The van der Waals surface area contributed by atoms with Crippen LogP contribution in [0.15, 0.2) is 29.0 Å². The number of furan rings is 1. The SMILES string of the molecule is CCOC(=O)C(C(=O)OCC)c1nccc2occc12. The van der Waals surface area contributed by atoms with Crippen molar-refractivity contribution in [2.45, 2.75) is 19.8 Å². The summed E-state index contributed by atoms with van der Waals surface area (Å²) in [5, 5.41) is 0.596. The van der Waals surface area contributed by atoms with Gasteiger partial charge in [0.25, 0.3) is 0 Å². The number of rotatable bonds is 5. The second-order valence-corrected chi connectivity index (χ2v) is 3.97. The van der Waals surface area contributed by atoms with Crippen LogP contribution in [0.4, 0.5) is 0 Å². The molecule has 0 aliphatic rings. The topological polar surface area (TPSA) is 78.6 Å². The summed E-state index contributed by atoms with van der Waals surface area (Å²) in [5.41, 5.74) is 0.835. The minimum atomic E-state index is -1.20. The van der Waals surface area contributed by atoms with Crippen molar-refractivity contribution in [2.24, 2.45) is 0 Å². The first-order valence-electron chi connectivity index (χ1n) is 6.34. The van der Waals surface area contributed by atoms with Crippen LogP contribution < -0.4 is 0 Å². The molecule has 0 bridgehead atoms. The fourth-order valence-electron chi connectivity index (χ4n) is 1.92. The third-order valence-electron chi connectivity index (χ3n) is 2.73. The molecule has 2 rings (SSSR count). The number of hydrogen-bond acceptors (Lipinski definition) is 6. The minimum absolute atomic E-state index is 0.177. The van der Waals surface area contributed by atoms with Crippen molar-refractivity contribution in [3.8, 4) is 0 Å². The number of nitrogens with zero attached hydrogens (tertiary/aromatic N) is 1. The average molecular weight is 277 g/mol. The van der Waals surface area contributed by atoms with E-state index >= 15 is 0 Å². The maximum Gasteiger partial charge on any atom is 0.326 e. The summed E-state index contributed by atoms with van der Waals surface area (Å²) in [6, 6.07) is 3.31. The Bertz CT molecular complexity index is 601. The Balaban J connectivity index is 2.47. The van der Waals surface area contributed by atoms with Crippen LogP contribution in [-0.2, 0) is 19.1 Å². The highest BCUT2D eigenvalue weighted by Crippen LogP contribution is 2.26. The highest BCUT2D eigenvalue weighted by atomic mass is 16.6. The van der Waals surface area contributed by atoms with E-state index in [1.807, 2.05) is 0 Å². The molecule has 6 heteroatoms. The molecule has 0 spiro atoms. The van der Waals surface area contributed by atoms with Crippen LogP contribution in [0, 0.1) is 0 Å². The fraction of sp³-hybridized carbons (Fsp3) is 0.357. The number of esters is 2. The lowest BCUT2D eigenvalue weighted by Gasteiger charge is -2.14. The van der Waals surface area contributed by atoms with Crippen molar-refractivity contribution in [1.29, 1.82) is 0 Å². The standard InChI is InChI=1S/C14H15NO5/c1-3-18-13(16)11(14(17)19-4-2)12-9-6-8-20-10(9)5-7-15-12/h5-8,11H,3-4H2,1-2H3. The zero-order valence-electron chi connectivity index (χ0n) is 11.3. The van der Waals surface area contributed by atoms with Gasteiger partial charge in [-0.15, -0.1) is 0 Å². The number of carbonyl (C=O) groups is 2. The van der Waals surface area contributed by atoms with Crippen LogP contribution in [0.3, 0.4) is 0 Å². The largest absolute Gasteiger partial charge is 0.465 e.